The standard InChI is InChI=1S/C14H8F4O/c15-9-3-1-4-10(16)13(9)8(7-19)14-11(17)5-2-6-12(14)18/h1-8H. The Morgan fingerprint density at radius 3 is 1.32 bits per heavy atom. The number of rotatable bonds is 3. The lowest BCUT2D eigenvalue weighted by Crippen LogP contribution is -2.11. The molecule has 1 nitrogen and oxygen atoms in total. The van der Waals surface area contributed by atoms with Crippen molar-refractivity contribution in [2.24, 2.45) is 0 Å². The lowest BCUT2D eigenvalue weighted by atomic mass is 9.91. The number of hydrogen-bond acceptors (Lipinski definition) is 1. The van der Waals surface area contributed by atoms with Gasteiger partial charge in [-0.05, 0) is 24.3 Å². The first-order valence-corrected chi connectivity index (χ1v) is 5.39. The molecule has 0 heterocycles. The first-order valence-electron chi connectivity index (χ1n) is 5.39. The molecule has 0 spiro atoms. The van der Waals surface area contributed by atoms with Crippen LogP contribution in [0, 0.1) is 23.3 Å². The van der Waals surface area contributed by atoms with Crippen molar-refractivity contribution in [1.82, 2.24) is 0 Å². The van der Waals surface area contributed by atoms with E-state index in [0.717, 1.165) is 36.4 Å². The Balaban J connectivity index is 2.67. The first-order chi connectivity index (χ1) is 9.06. The maximum atomic E-state index is 13.6. The molecule has 0 aliphatic heterocycles. The van der Waals surface area contributed by atoms with Crippen LogP contribution in [0.4, 0.5) is 17.6 Å². The van der Waals surface area contributed by atoms with E-state index >= 15 is 0 Å². The molecule has 0 fully saturated rings. The highest BCUT2D eigenvalue weighted by Crippen LogP contribution is 2.30. The molecule has 2 aromatic carbocycles. The van der Waals surface area contributed by atoms with E-state index in [9.17, 15) is 22.4 Å². The van der Waals surface area contributed by atoms with Crippen molar-refractivity contribution in [3.05, 3.63) is 70.8 Å². The second kappa shape index (κ2) is 5.22. The highest BCUT2D eigenvalue weighted by Gasteiger charge is 2.26. The van der Waals surface area contributed by atoms with Gasteiger partial charge < -0.3 is 4.79 Å². The second-order valence-electron chi connectivity index (χ2n) is 3.88. The first kappa shape index (κ1) is 13.3. The van der Waals surface area contributed by atoms with Crippen LogP contribution in [0.1, 0.15) is 17.0 Å². The molecule has 98 valence electrons. The normalized spacial score (nSPS) is 10.8. The molecule has 0 atom stereocenters. The van der Waals surface area contributed by atoms with Crippen molar-refractivity contribution in [1.29, 1.82) is 0 Å². The molecular weight excluding hydrogens is 260 g/mol. The summed E-state index contributed by atoms with van der Waals surface area (Å²) < 4.78 is 54.4. The fraction of sp³-hybridized carbons (Fsp3) is 0.0714. The molecule has 19 heavy (non-hydrogen) atoms. The van der Waals surface area contributed by atoms with Gasteiger partial charge in [-0.15, -0.1) is 0 Å². The molecular formula is C14H8F4O. The minimum absolute atomic E-state index is 0.114. The van der Waals surface area contributed by atoms with Crippen molar-refractivity contribution in [2.75, 3.05) is 0 Å². The fourth-order valence-electron chi connectivity index (χ4n) is 1.90. The van der Waals surface area contributed by atoms with E-state index in [0.29, 0.717) is 0 Å². The van der Waals surface area contributed by atoms with Crippen LogP contribution in [0.15, 0.2) is 36.4 Å². The molecule has 2 rings (SSSR count). The van der Waals surface area contributed by atoms with Crippen molar-refractivity contribution < 1.29 is 22.4 Å². The van der Waals surface area contributed by atoms with E-state index in [1.54, 1.807) is 0 Å². The zero-order valence-electron chi connectivity index (χ0n) is 9.54. The second-order valence-corrected chi connectivity index (χ2v) is 3.88. The van der Waals surface area contributed by atoms with Gasteiger partial charge >= 0.3 is 0 Å². The number of carbonyl (C=O) groups excluding carboxylic acids is 1. The lowest BCUT2D eigenvalue weighted by Gasteiger charge is -2.14. The van der Waals surface area contributed by atoms with Gasteiger partial charge in [0.2, 0.25) is 0 Å². The van der Waals surface area contributed by atoms with Gasteiger partial charge in [0, 0.05) is 11.1 Å². The van der Waals surface area contributed by atoms with Crippen LogP contribution in [-0.2, 0) is 4.79 Å². The molecule has 0 N–H and O–H groups in total. The van der Waals surface area contributed by atoms with Gasteiger partial charge in [-0.2, -0.15) is 0 Å². The summed E-state index contributed by atoms with van der Waals surface area (Å²) in [6, 6.07) is 5.91. The van der Waals surface area contributed by atoms with Crippen LogP contribution >= 0.6 is 0 Å². The van der Waals surface area contributed by atoms with E-state index < -0.39 is 40.3 Å². The molecule has 0 aliphatic rings. The number of benzene rings is 2. The Labute approximate surface area is 106 Å². The van der Waals surface area contributed by atoms with Gasteiger partial charge in [0.1, 0.15) is 29.6 Å². The maximum Gasteiger partial charge on any atom is 0.132 e. The molecule has 0 radical (unpaired) electrons. The molecule has 0 saturated heterocycles. The number of carbonyl (C=O) groups is 1. The molecule has 0 saturated carbocycles. The summed E-state index contributed by atoms with van der Waals surface area (Å²) >= 11 is 0. The molecule has 0 unspecified atom stereocenters. The predicted molar refractivity (Wildman–Crippen MR) is 60.6 cm³/mol. The third kappa shape index (κ3) is 2.36. The van der Waals surface area contributed by atoms with Crippen molar-refractivity contribution >= 4 is 6.29 Å². The van der Waals surface area contributed by atoms with Crippen LogP contribution < -0.4 is 0 Å². The van der Waals surface area contributed by atoms with Gasteiger partial charge in [0.25, 0.3) is 0 Å². The number of hydrogen-bond donors (Lipinski definition) is 0. The van der Waals surface area contributed by atoms with Crippen molar-refractivity contribution in [3.63, 3.8) is 0 Å². The minimum Gasteiger partial charge on any atom is -0.302 e. The van der Waals surface area contributed by atoms with E-state index in [1.165, 1.54) is 0 Å². The summed E-state index contributed by atoms with van der Waals surface area (Å²) in [4.78, 5) is 11.0. The molecule has 2 aromatic rings. The zero-order valence-corrected chi connectivity index (χ0v) is 9.54. The quantitative estimate of drug-likeness (QED) is 0.614. The summed E-state index contributed by atoms with van der Waals surface area (Å²) in [5.41, 5.74) is -1.33. The van der Waals surface area contributed by atoms with E-state index in [4.69, 9.17) is 0 Å². The summed E-state index contributed by atoms with van der Waals surface area (Å²) in [5.74, 6) is -5.78. The molecule has 0 aliphatic carbocycles. The highest BCUT2D eigenvalue weighted by molar-refractivity contribution is 5.69. The summed E-state index contributed by atoms with van der Waals surface area (Å²) in [7, 11) is 0. The van der Waals surface area contributed by atoms with Crippen LogP contribution in [-0.4, -0.2) is 6.29 Å². The largest absolute Gasteiger partial charge is 0.302 e. The topological polar surface area (TPSA) is 17.1 Å². The third-order valence-electron chi connectivity index (χ3n) is 2.76. The Bertz CT molecular complexity index is 533. The van der Waals surface area contributed by atoms with Crippen LogP contribution in [0.2, 0.25) is 0 Å². The van der Waals surface area contributed by atoms with Gasteiger partial charge in [0.05, 0.1) is 5.92 Å². The SMILES string of the molecule is O=CC(c1c(F)cccc1F)c1c(F)cccc1F. The van der Waals surface area contributed by atoms with Crippen LogP contribution in [0.25, 0.3) is 0 Å². The molecule has 0 aromatic heterocycles. The summed E-state index contributed by atoms with van der Waals surface area (Å²) in [6.45, 7) is 0. The summed E-state index contributed by atoms with van der Waals surface area (Å²) in [5, 5.41) is 0. The zero-order chi connectivity index (χ0) is 14.0. The van der Waals surface area contributed by atoms with Gasteiger partial charge in [-0.25, -0.2) is 17.6 Å². The van der Waals surface area contributed by atoms with Crippen molar-refractivity contribution in [2.45, 2.75) is 5.92 Å². The highest BCUT2D eigenvalue weighted by atomic mass is 19.1. The molecule has 0 bridgehead atoms. The van der Waals surface area contributed by atoms with Gasteiger partial charge in [-0.3, -0.25) is 0 Å². The predicted octanol–water partition coefficient (Wildman–Crippen LogP) is 3.57. The van der Waals surface area contributed by atoms with Gasteiger partial charge in [0.15, 0.2) is 0 Å². The molecule has 5 heteroatoms. The fourth-order valence-corrected chi connectivity index (χ4v) is 1.90. The Hall–Kier alpha value is -2.17. The van der Waals surface area contributed by atoms with E-state index in [-0.39, 0.29) is 6.29 Å². The maximum absolute atomic E-state index is 13.6. The number of aldehydes is 1. The average molecular weight is 268 g/mol. The van der Waals surface area contributed by atoms with Gasteiger partial charge in [-0.1, -0.05) is 12.1 Å². The smallest absolute Gasteiger partial charge is 0.132 e. The minimum atomic E-state index is -1.66. The number of halogens is 4. The Morgan fingerprint density at radius 2 is 1.05 bits per heavy atom. The lowest BCUT2D eigenvalue weighted by molar-refractivity contribution is -0.108. The third-order valence-corrected chi connectivity index (χ3v) is 2.76. The van der Waals surface area contributed by atoms with E-state index in [2.05, 4.69) is 0 Å². The molecule has 0 amide bonds. The van der Waals surface area contributed by atoms with E-state index in [1.807, 2.05) is 0 Å². The Kier molecular flexibility index (Phi) is 3.64. The summed E-state index contributed by atoms with van der Waals surface area (Å²) in [6.07, 6.45) is 0.114. The van der Waals surface area contributed by atoms with Crippen LogP contribution in [0.3, 0.4) is 0 Å². The van der Waals surface area contributed by atoms with Crippen molar-refractivity contribution in [3.8, 4) is 0 Å². The average Bonchev–Trinajstić information content (AvgIpc) is 2.36. The Morgan fingerprint density at radius 1 is 0.737 bits per heavy atom. The monoisotopic (exact) mass is 268 g/mol. The van der Waals surface area contributed by atoms with Crippen LogP contribution in [0.5, 0.6) is 0 Å².